The number of aromatic nitrogens is 6. The lowest BCUT2D eigenvalue weighted by Gasteiger charge is -2.47. The number of amides is 5. The molecule has 5 unspecified atom stereocenters. The molecule has 0 radical (unpaired) electrons. The van der Waals surface area contributed by atoms with E-state index in [4.69, 9.17) is 28.9 Å². The summed E-state index contributed by atoms with van der Waals surface area (Å²) in [6.07, 6.45) is 41.8. The molecule has 1 aromatic carbocycles. The molecular weight excluding hydrogens is 1910 g/mol. The Morgan fingerprint density at radius 3 is 1.23 bits per heavy atom. The first-order valence-electron chi connectivity index (χ1n) is 53.1. The Morgan fingerprint density at radius 1 is 0.472 bits per heavy atom. The number of aryl methyl sites for hydroxylation is 1. The molecular formula is C104H153F6N17O15S2. The summed E-state index contributed by atoms with van der Waals surface area (Å²) in [6.45, 7) is 28.0. The standard InChI is InChI=1S/C22H32FN5O.C20H29FN4O2.C17H25FN4.C17H23NO5S.C16H26N2O2.C12H18F3NO5S/c1-13-8-15(6-7-27(13)22-25-11-17(23)12-26-22)16-9-18-4-5-19(10-16)28(18)20(21(24)29)14-2-3-14;1-3-27-20(26)25-17-4-5-18(25)10-15(9-17)14-6-7-24(13(2)8-14)19-22-11-16(21)12-23-19;1-11-6-12(13-7-15-2-3-16(8-13)21-15)4-5-22(11)17-19-9-14(18)10-20-17;1-3-22-17(19)18-13-6-7-14(18)11-15(10-13)23-24(20,21)16-8-4-12(2)5-9-16;1-3-20-16(19)18-14-4-5-15(18)10-13(9-14)12-6-7-17-11(2)8-12;1-8-7-9(21-22(18,19)12(13,14)15)5-6-16(8)10(17)20-11(2,3)4/h11-16,18-20H,2-10H2,1H3,(H2,24,29);11-15,17-18H,3-10H2,1-2H3;9-13,15-16,21H,2-8H2,1H3;4-5,8-9,13-15H,3,6-7,10-11H2,1-2H3;6,11,13-15,17H,3-5,7-10H2,1-2H3;5,8H,6-7H2,1-4H3/t13-,15-,16?,18-,19+,20+;13-,14-,15?,17-,18+;11-,12-,13?,15-,16+;13-,14+,15?;11-,13?,14-,15+;8-/m000.00/s1. The maximum Gasteiger partial charge on any atom is 0.534 e. The van der Waals surface area contributed by atoms with E-state index < -0.39 is 49.3 Å². The van der Waals surface area contributed by atoms with Gasteiger partial charge in [-0.2, -0.15) is 30.0 Å². The molecule has 10 bridgehead atoms. The van der Waals surface area contributed by atoms with Crippen molar-refractivity contribution in [3.05, 3.63) is 108 Å². The number of carbonyl (C=O) groups excluding carboxylic acids is 5. The molecule has 13 saturated heterocycles. The number of anilines is 3. The van der Waals surface area contributed by atoms with Gasteiger partial charge in [-0.05, 0) is 335 Å². The Hall–Kier alpha value is -8.99. The number of benzene rings is 1. The van der Waals surface area contributed by atoms with Gasteiger partial charge in [0.05, 0.1) is 74.0 Å². The van der Waals surface area contributed by atoms with E-state index >= 15 is 0 Å². The molecule has 1 aliphatic carbocycles. The normalized spacial score (nSPS) is 32.0. The van der Waals surface area contributed by atoms with Crippen LogP contribution in [-0.4, -0.2) is 268 Å². The lowest BCUT2D eigenvalue weighted by molar-refractivity contribution is -0.126. The molecule has 20 rings (SSSR count). The van der Waals surface area contributed by atoms with Crippen LogP contribution in [0.2, 0.25) is 0 Å². The molecule has 4 N–H and O–H groups in total. The summed E-state index contributed by atoms with van der Waals surface area (Å²) in [5.41, 5.74) is 2.23. The number of nitrogens with one attached hydrogen (secondary N) is 2. The van der Waals surface area contributed by atoms with Crippen molar-refractivity contribution >= 4 is 68.4 Å². The molecule has 1 saturated carbocycles. The van der Waals surface area contributed by atoms with Gasteiger partial charge in [-0.15, -0.1) is 0 Å². The first-order chi connectivity index (χ1) is 68.6. The van der Waals surface area contributed by atoms with E-state index in [9.17, 15) is 67.2 Å². The Morgan fingerprint density at radius 2 is 0.861 bits per heavy atom. The number of carbonyl (C=O) groups is 5. The van der Waals surface area contributed by atoms with E-state index in [0.717, 1.165) is 170 Å². The third-order valence-electron chi connectivity index (χ3n) is 33.1. The van der Waals surface area contributed by atoms with Crippen molar-refractivity contribution in [2.75, 3.05) is 67.2 Å². The summed E-state index contributed by atoms with van der Waals surface area (Å²) < 4.78 is 153. The van der Waals surface area contributed by atoms with Crippen LogP contribution < -0.4 is 31.1 Å². The summed E-state index contributed by atoms with van der Waals surface area (Å²) in [5, 5.41) is 7.22. The van der Waals surface area contributed by atoms with Crippen molar-refractivity contribution in [3.8, 4) is 0 Å². The third kappa shape index (κ3) is 27.2. The van der Waals surface area contributed by atoms with Gasteiger partial charge in [-0.25, -0.2) is 62.3 Å². The first kappa shape index (κ1) is 109. The van der Waals surface area contributed by atoms with Gasteiger partial charge in [0.1, 0.15) is 11.4 Å². The second kappa shape index (κ2) is 47.7. The summed E-state index contributed by atoms with van der Waals surface area (Å²) in [4.78, 5) is 102. The van der Waals surface area contributed by atoms with E-state index in [-0.39, 0.29) is 83.7 Å². The number of primary amides is 1. The lowest BCUT2D eigenvalue weighted by Crippen LogP contribution is -2.56. The Bertz CT molecular complexity index is 5210. The number of nitrogens with zero attached hydrogens (tertiary/aromatic N) is 14. The van der Waals surface area contributed by atoms with Gasteiger partial charge in [-0.3, -0.25) is 13.9 Å². The van der Waals surface area contributed by atoms with Crippen molar-refractivity contribution in [1.29, 1.82) is 0 Å². The second-order valence-electron chi connectivity index (χ2n) is 44.2. The van der Waals surface area contributed by atoms with E-state index in [1.54, 1.807) is 69.4 Å². The topological polar surface area (TPSA) is 362 Å². The minimum atomic E-state index is -5.69. The Labute approximate surface area is 846 Å². The largest absolute Gasteiger partial charge is 0.534 e. The number of ether oxygens (including phenoxy) is 4. The number of fused-ring (bicyclic) bond motifs is 10. The number of halogens is 6. The molecule has 18 heterocycles. The van der Waals surface area contributed by atoms with Crippen molar-refractivity contribution in [1.82, 2.24) is 65.0 Å². The highest BCUT2D eigenvalue weighted by atomic mass is 32.2. The van der Waals surface area contributed by atoms with Crippen LogP contribution in [0.4, 0.5) is 63.4 Å². The highest BCUT2D eigenvalue weighted by Crippen LogP contribution is 2.52. The maximum absolute atomic E-state index is 13.2. The zero-order chi connectivity index (χ0) is 103. The minimum Gasteiger partial charge on any atom is -0.450 e. The zero-order valence-corrected chi connectivity index (χ0v) is 87.4. The molecule has 14 fully saturated rings. The fourth-order valence-corrected chi connectivity index (χ4v) is 28.0. The first-order valence-corrected chi connectivity index (χ1v) is 55.9. The molecule has 798 valence electrons. The molecule has 3 aromatic heterocycles. The van der Waals surface area contributed by atoms with Crippen LogP contribution >= 0.6 is 0 Å². The average molecular weight is 2060 g/mol. The van der Waals surface area contributed by atoms with Gasteiger partial charge in [-0.1, -0.05) is 29.3 Å². The highest BCUT2D eigenvalue weighted by molar-refractivity contribution is 7.87. The molecule has 40 heteroatoms. The van der Waals surface area contributed by atoms with Crippen LogP contribution in [0.15, 0.2) is 89.8 Å². The van der Waals surface area contributed by atoms with Crippen LogP contribution in [-0.2, 0) is 52.3 Å². The number of hydrogen-bond acceptors (Lipinski definition) is 27. The molecule has 0 spiro atoms. The van der Waals surface area contributed by atoms with E-state index in [2.05, 4.69) is 98.1 Å². The van der Waals surface area contributed by atoms with Gasteiger partial charge < -0.3 is 73.8 Å². The van der Waals surface area contributed by atoms with Gasteiger partial charge in [0.15, 0.2) is 17.5 Å². The SMILES string of the molecule is CCOC(=O)N1[C@@H]2CC[C@H]1CC(C1=CCN[C@@H](C)C1)C2.CCOC(=O)N1[C@@H]2CC[C@H]1CC(OS(=O)(=O)c1ccc(C)cc1)C2.CCOC(=O)N1[C@@H]2CC[C@H]1CC([C@H]1CCN(c3ncc(F)cn3)[C@@H](C)C1)C2.C[C@H]1CC(OS(=O)(=O)C(F)(F)F)=CCN1C(=O)OC(C)(C)C.C[C@H]1C[C@@H](C2C[C@H]3CC[C@@H](C2)N3)CCN1c1ncc(F)cn1.C[C@H]1C[C@@H](C2C[C@H]3CC[C@@H](C2)N3[C@@H](C(N)=O)C2CC2)CCN1c1ncc(F)cn1. The number of rotatable bonds is 18. The molecule has 15 aliphatic heterocycles. The van der Waals surface area contributed by atoms with Gasteiger partial charge in [0, 0.05) is 130 Å². The predicted octanol–water partition coefficient (Wildman–Crippen LogP) is 17.4. The quantitative estimate of drug-likeness (QED) is 0.0274. The van der Waals surface area contributed by atoms with Crippen LogP contribution in [0.3, 0.4) is 0 Å². The Kier molecular flexibility index (Phi) is 36.1. The van der Waals surface area contributed by atoms with E-state index in [0.29, 0.717) is 141 Å². The highest BCUT2D eigenvalue weighted by Gasteiger charge is 2.55. The number of hydrogen-bond donors (Lipinski definition) is 3. The maximum atomic E-state index is 13.2. The van der Waals surface area contributed by atoms with Crippen LogP contribution in [0, 0.1) is 71.7 Å². The molecule has 144 heavy (non-hydrogen) atoms. The monoisotopic (exact) mass is 2060 g/mol. The number of piperidine rings is 8. The molecule has 16 aliphatic rings. The average Bonchev–Trinajstić information content (AvgIpc) is 1.60. The zero-order valence-electron chi connectivity index (χ0n) is 85.8. The summed E-state index contributed by atoms with van der Waals surface area (Å²) >= 11 is 0. The van der Waals surface area contributed by atoms with E-state index in [1.165, 1.54) is 113 Å². The van der Waals surface area contributed by atoms with Gasteiger partial charge in [0.25, 0.3) is 10.1 Å². The van der Waals surface area contributed by atoms with E-state index in [1.807, 2.05) is 30.6 Å². The number of nitrogens with two attached hydrogens (primary N) is 1. The molecule has 4 aromatic rings. The third-order valence-corrected chi connectivity index (χ3v) is 35.5. The number of alkyl halides is 3. The van der Waals surface area contributed by atoms with Crippen LogP contribution in [0.1, 0.15) is 274 Å². The second-order valence-corrected chi connectivity index (χ2v) is 47.3. The minimum absolute atomic E-state index is 0.000942. The van der Waals surface area contributed by atoms with Crippen LogP contribution in [0.5, 0.6) is 0 Å². The lowest BCUT2D eigenvalue weighted by atomic mass is 9.74. The van der Waals surface area contributed by atoms with Gasteiger partial charge in [0.2, 0.25) is 23.8 Å². The summed E-state index contributed by atoms with van der Waals surface area (Å²) in [5.74, 6) is 6.03. The fraction of sp³-hybridized carbons (Fsp3) is 0.740. The summed E-state index contributed by atoms with van der Waals surface area (Å²) in [6, 6.07) is 11.9. The van der Waals surface area contributed by atoms with Crippen molar-refractivity contribution < 1.29 is 94.5 Å². The molecule has 32 nitrogen and oxygen atoms in total. The van der Waals surface area contributed by atoms with Gasteiger partial charge >= 0.3 is 40.0 Å². The van der Waals surface area contributed by atoms with Crippen molar-refractivity contribution in [2.24, 2.45) is 53.1 Å². The molecule has 24 atom stereocenters. The fourth-order valence-electron chi connectivity index (χ4n) is 26.4. The smallest absolute Gasteiger partial charge is 0.450 e. The summed E-state index contributed by atoms with van der Waals surface area (Å²) in [7, 11) is -9.47. The predicted molar refractivity (Wildman–Crippen MR) is 531 cm³/mol. The molecule has 5 amide bonds. The Balaban J connectivity index is 0.000000131. The van der Waals surface area contributed by atoms with Crippen molar-refractivity contribution in [3.63, 3.8) is 0 Å². The van der Waals surface area contributed by atoms with Crippen LogP contribution in [0.25, 0.3) is 0 Å². The van der Waals surface area contributed by atoms with Crippen molar-refractivity contribution in [2.45, 2.75) is 394 Å².